The summed E-state index contributed by atoms with van der Waals surface area (Å²) in [5.74, 6) is 0.518. The van der Waals surface area contributed by atoms with Crippen LogP contribution in [0.5, 0.6) is 0 Å². The highest BCUT2D eigenvalue weighted by Gasteiger charge is 2.53. The lowest BCUT2D eigenvalue weighted by atomic mass is 9.66. The van der Waals surface area contributed by atoms with E-state index in [2.05, 4.69) is 40.7 Å². The second-order valence-corrected chi connectivity index (χ2v) is 12.0. The van der Waals surface area contributed by atoms with Gasteiger partial charge in [0.2, 0.25) is 0 Å². The van der Waals surface area contributed by atoms with Gasteiger partial charge in [-0.2, -0.15) is 0 Å². The third-order valence-corrected chi connectivity index (χ3v) is 11.3. The van der Waals surface area contributed by atoms with E-state index in [1.165, 1.54) is 43.0 Å². The van der Waals surface area contributed by atoms with E-state index in [1.807, 2.05) is 0 Å². The maximum absolute atomic E-state index is 10.5. The SMILES string of the molecule is C/C=C1/[C@H](O)C[C@H]2C(O[Si](CC)(CC)CC)CCC[C@]12C. The fraction of sp³-hybridized carbons (Fsp3) is 0.889. The lowest BCUT2D eigenvalue weighted by molar-refractivity contribution is 0.0224. The second kappa shape index (κ2) is 6.55. The standard InChI is InChI=1S/C18H34O2Si/c1-6-14-16(19)13-15-17(11-10-12-18(14,15)5)20-21(7-2,8-3)9-4/h6,15-17,19H,7-13H2,1-5H3/b14-6-/t15-,16+,17?,18+/m0/s1. The first-order valence-electron chi connectivity index (χ1n) is 8.99. The van der Waals surface area contributed by atoms with Crippen LogP contribution in [0.3, 0.4) is 0 Å². The summed E-state index contributed by atoms with van der Waals surface area (Å²) in [6, 6.07) is 3.66. The fourth-order valence-corrected chi connectivity index (χ4v) is 7.89. The van der Waals surface area contributed by atoms with Crippen molar-refractivity contribution >= 4 is 8.32 Å². The molecule has 0 heterocycles. The van der Waals surface area contributed by atoms with Crippen LogP contribution in [0.1, 0.15) is 60.3 Å². The van der Waals surface area contributed by atoms with E-state index in [-0.39, 0.29) is 11.5 Å². The third kappa shape index (κ3) is 2.89. The first kappa shape index (κ1) is 17.2. The van der Waals surface area contributed by atoms with Crippen LogP contribution < -0.4 is 0 Å². The van der Waals surface area contributed by atoms with Crippen molar-refractivity contribution in [2.45, 2.75) is 90.6 Å². The molecule has 0 radical (unpaired) electrons. The van der Waals surface area contributed by atoms with Gasteiger partial charge >= 0.3 is 0 Å². The van der Waals surface area contributed by atoms with Gasteiger partial charge < -0.3 is 9.53 Å². The van der Waals surface area contributed by atoms with Gasteiger partial charge in [0.15, 0.2) is 8.32 Å². The van der Waals surface area contributed by atoms with E-state index in [0.717, 1.165) is 6.42 Å². The van der Waals surface area contributed by atoms with Crippen LogP contribution in [-0.2, 0) is 4.43 Å². The predicted octanol–water partition coefficient (Wildman–Crippen LogP) is 4.89. The third-order valence-electron chi connectivity index (χ3n) is 6.59. The molecule has 2 rings (SSSR count). The quantitative estimate of drug-likeness (QED) is 0.578. The Labute approximate surface area is 132 Å². The molecule has 2 fully saturated rings. The van der Waals surface area contributed by atoms with Crippen molar-refractivity contribution in [3.63, 3.8) is 0 Å². The summed E-state index contributed by atoms with van der Waals surface area (Å²) in [6.07, 6.45) is 6.85. The molecule has 2 saturated carbocycles. The van der Waals surface area contributed by atoms with Crippen LogP contribution in [-0.4, -0.2) is 25.6 Å². The molecule has 4 atom stereocenters. The minimum atomic E-state index is -1.55. The number of aliphatic hydroxyl groups excluding tert-OH is 1. The van der Waals surface area contributed by atoms with Crippen molar-refractivity contribution in [3.8, 4) is 0 Å². The molecule has 0 aromatic carbocycles. The van der Waals surface area contributed by atoms with Gasteiger partial charge in [-0.3, -0.25) is 0 Å². The smallest absolute Gasteiger partial charge is 0.192 e. The summed E-state index contributed by atoms with van der Waals surface area (Å²) in [5, 5.41) is 10.5. The molecule has 1 unspecified atom stereocenters. The molecule has 2 aliphatic carbocycles. The highest BCUT2D eigenvalue weighted by molar-refractivity contribution is 6.73. The van der Waals surface area contributed by atoms with Gasteiger partial charge in [-0.15, -0.1) is 0 Å². The largest absolute Gasteiger partial charge is 0.414 e. The monoisotopic (exact) mass is 310 g/mol. The normalized spacial score (nSPS) is 38.8. The molecule has 2 aliphatic rings. The van der Waals surface area contributed by atoms with Gasteiger partial charge in [0.05, 0.1) is 6.10 Å². The summed E-state index contributed by atoms with van der Waals surface area (Å²) >= 11 is 0. The Hall–Kier alpha value is -0.123. The first-order chi connectivity index (χ1) is 9.96. The lowest BCUT2D eigenvalue weighted by Crippen LogP contribution is -2.47. The van der Waals surface area contributed by atoms with Crippen molar-refractivity contribution in [3.05, 3.63) is 11.6 Å². The molecule has 0 aromatic heterocycles. The minimum absolute atomic E-state index is 0.173. The fourth-order valence-electron chi connectivity index (χ4n) is 4.97. The Morgan fingerprint density at radius 2 is 1.90 bits per heavy atom. The molecular formula is C18H34O2Si. The Kier molecular flexibility index (Phi) is 5.38. The Morgan fingerprint density at radius 3 is 2.43 bits per heavy atom. The van der Waals surface area contributed by atoms with Crippen LogP contribution in [0, 0.1) is 11.3 Å². The van der Waals surface area contributed by atoms with Crippen LogP contribution in [0.2, 0.25) is 18.1 Å². The summed E-state index contributed by atoms with van der Waals surface area (Å²) in [7, 11) is -1.55. The van der Waals surface area contributed by atoms with Crippen LogP contribution in [0.4, 0.5) is 0 Å². The van der Waals surface area contributed by atoms with Crippen LogP contribution in [0.15, 0.2) is 11.6 Å². The zero-order valence-corrected chi connectivity index (χ0v) is 15.6. The molecule has 2 nitrogen and oxygen atoms in total. The zero-order chi connectivity index (χ0) is 15.7. The average Bonchev–Trinajstić information content (AvgIpc) is 2.75. The Morgan fingerprint density at radius 1 is 1.29 bits per heavy atom. The zero-order valence-electron chi connectivity index (χ0n) is 14.6. The molecule has 21 heavy (non-hydrogen) atoms. The summed E-state index contributed by atoms with van der Waals surface area (Å²) in [5.41, 5.74) is 1.45. The number of hydrogen-bond acceptors (Lipinski definition) is 2. The molecule has 0 saturated heterocycles. The van der Waals surface area contributed by atoms with E-state index in [0.29, 0.717) is 12.0 Å². The van der Waals surface area contributed by atoms with Crippen molar-refractivity contribution in [1.82, 2.24) is 0 Å². The molecule has 0 aromatic rings. The van der Waals surface area contributed by atoms with E-state index in [4.69, 9.17) is 4.43 Å². The summed E-state index contributed by atoms with van der Waals surface area (Å²) in [4.78, 5) is 0. The summed E-state index contributed by atoms with van der Waals surface area (Å²) in [6.45, 7) is 11.4. The van der Waals surface area contributed by atoms with E-state index >= 15 is 0 Å². The van der Waals surface area contributed by atoms with Crippen molar-refractivity contribution in [1.29, 1.82) is 0 Å². The topological polar surface area (TPSA) is 29.5 Å². The molecule has 3 heteroatoms. The lowest BCUT2D eigenvalue weighted by Gasteiger charge is -2.45. The average molecular weight is 311 g/mol. The van der Waals surface area contributed by atoms with Crippen molar-refractivity contribution < 1.29 is 9.53 Å². The highest BCUT2D eigenvalue weighted by atomic mass is 28.4. The molecule has 0 aliphatic heterocycles. The van der Waals surface area contributed by atoms with Gasteiger partial charge in [0.1, 0.15) is 0 Å². The maximum Gasteiger partial charge on any atom is 0.192 e. The maximum atomic E-state index is 10.5. The molecule has 0 bridgehead atoms. The first-order valence-corrected chi connectivity index (χ1v) is 11.5. The highest BCUT2D eigenvalue weighted by Crippen LogP contribution is 2.56. The van der Waals surface area contributed by atoms with Gasteiger partial charge in [-0.1, -0.05) is 40.2 Å². The Balaban J connectivity index is 2.23. The van der Waals surface area contributed by atoms with Crippen LogP contribution in [0.25, 0.3) is 0 Å². The molecular weight excluding hydrogens is 276 g/mol. The van der Waals surface area contributed by atoms with Gasteiger partial charge in [0.25, 0.3) is 0 Å². The van der Waals surface area contributed by atoms with E-state index in [1.54, 1.807) is 0 Å². The number of aliphatic hydroxyl groups is 1. The van der Waals surface area contributed by atoms with Gasteiger partial charge in [-0.05, 0) is 61.2 Å². The summed E-state index contributed by atoms with van der Waals surface area (Å²) < 4.78 is 6.85. The second-order valence-electron chi connectivity index (χ2n) is 7.31. The van der Waals surface area contributed by atoms with Crippen LogP contribution >= 0.6 is 0 Å². The molecule has 0 spiro atoms. The van der Waals surface area contributed by atoms with Gasteiger partial charge in [-0.25, -0.2) is 0 Å². The van der Waals surface area contributed by atoms with Crippen molar-refractivity contribution in [2.75, 3.05) is 0 Å². The molecule has 122 valence electrons. The number of rotatable bonds is 5. The number of hydrogen-bond donors (Lipinski definition) is 1. The van der Waals surface area contributed by atoms with E-state index < -0.39 is 8.32 Å². The predicted molar refractivity (Wildman–Crippen MR) is 91.9 cm³/mol. The van der Waals surface area contributed by atoms with Crippen molar-refractivity contribution in [2.24, 2.45) is 11.3 Å². The Bertz CT molecular complexity index is 380. The minimum Gasteiger partial charge on any atom is -0.414 e. The molecule has 1 N–H and O–H groups in total. The molecule has 0 amide bonds. The van der Waals surface area contributed by atoms with Gasteiger partial charge in [0, 0.05) is 6.10 Å². The number of fused-ring (bicyclic) bond motifs is 1. The van der Waals surface area contributed by atoms with E-state index in [9.17, 15) is 5.11 Å². The number of allylic oxidation sites excluding steroid dienone is 1.